The lowest BCUT2D eigenvalue weighted by Gasteiger charge is -2.28. The molecule has 1 aliphatic rings. The summed E-state index contributed by atoms with van der Waals surface area (Å²) in [6, 6.07) is 4.01. The number of nitrogens with two attached hydrogens (primary N) is 1. The van der Waals surface area contributed by atoms with E-state index in [-0.39, 0.29) is 5.56 Å². The molecule has 0 heterocycles. The van der Waals surface area contributed by atoms with Crippen molar-refractivity contribution in [2.24, 2.45) is 5.92 Å². The van der Waals surface area contributed by atoms with Crippen molar-refractivity contribution in [2.45, 2.75) is 45.6 Å². The van der Waals surface area contributed by atoms with Crippen molar-refractivity contribution in [2.75, 3.05) is 11.1 Å². The highest BCUT2D eigenvalue weighted by atomic mass is 16.4. The summed E-state index contributed by atoms with van der Waals surface area (Å²) >= 11 is 0. The van der Waals surface area contributed by atoms with Crippen LogP contribution in [0, 0.1) is 12.8 Å². The molecule has 19 heavy (non-hydrogen) atoms. The van der Waals surface area contributed by atoms with E-state index in [1.807, 2.05) is 13.0 Å². The van der Waals surface area contributed by atoms with Gasteiger partial charge in [-0.25, -0.2) is 4.79 Å². The van der Waals surface area contributed by atoms with Crippen LogP contribution in [-0.2, 0) is 0 Å². The Kier molecular flexibility index (Phi) is 3.98. The molecule has 2 unspecified atom stereocenters. The molecule has 1 aromatic rings. The highest BCUT2D eigenvalue weighted by Crippen LogP contribution is 2.28. The second kappa shape index (κ2) is 5.51. The van der Waals surface area contributed by atoms with Gasteiger partial charge >= 0.3 is 5.97 Å². The number of aryl methyl sites for hydroxylation is 1. The fraction of sp³-hybridized carbons (Fsp3) is 0.533. The van der Waals surface area contributed by atoms with E-state index >= 15 is 0 Å². The largest absolute Gasteiger partial charge is 0.478 e. The molecule has 0 radical (unpaired) electrons. The molecule has 4 N–H and O–H groups in total. The second-order valence-electron chi connectivity index (χ2n) is 5.67. The Bertz CT molecular complexity index is 485. The van der Waals surface area contributed by atoms with Crippen molar-refractivity contribution in [3.8, 4) is 0 Å². The molecule has 0 spiro atoms. The first kappa shape index (κ1) is 13.7. The molecule has 1 aliphatic carbocycles. The van der Waals surface area contributed by atoms with Crippen LogP contribution < -0.4 is 11.1 Å². The van der Waals surface area contributed by atoms with Gasteiger partial charge in [0.25, 0.3) is 0 Å². The van der Waals surface area contributed by atoms with E-state index in [1.165, 1.54) is 12.8 Å². The minimum atomic E-state index is -0.971. The van der Waals surface area contributed by atoms with Gasteiger partial charge in [0.2, 0.25) is 0 Å². The van der Waals surface area contributed by atoms with Crippen LogP contribution in [0.1, 0.15) is 48.5 Å². The Balaban J connectivity index is 2.18. The van der Waals surface area contributed by atoms with Crippen LogP contribution >= 0.6 is 0 Å². The number of nitrogen functional groups attached to an aromatic ring is 1. The molecule has 4 heteroatoms. The van der Waals surface area contributed by atoms with Crippen LogP contribution in [0.2, 0.25) is 0 Å². The number of hydrogen-bond donors (Lipinski definition) is 3. The van der Waals surface area contributed by atoms with E-state index < -0.39 is 5.97 Å². The molecule has 4 nitrogen and oxygen atoms in total. The summed E-state index contributed by atoms with van der Waals surface area (Å²) in [5.41, 5.74) is 8.02. The van der Waals surface area contributed by atoms with Crippen LogP contribution in [0.3, 0.4) is 0 Å². The quantitative estimate of drug-likeness (QED) is 0.731. The molecular weight excluding hydrogens is 240 g/mol. The van der Waals surface area contributed by atoms with E-state index in [0.717, 1.165) is 30.0 Å². The predicted octanol–water partition coefficient (Wildman–Crippen LogP) is 3.27. The predicted molar refractivity (Wildman–Crippen MR) is 77.6 cm³/mol. The van der Waals surface area contributed by atoms with Crippen molar-refractivity contribution < 1.29 is 9.90 Å². The topological polar surface area (TPSA) is 75.3 Å². The first-order chi connectivity index (χ1) is 8.97. The lowest BCUT2D eigenvalue weighted by Crippen LogP contribution is -2.26. The Hall–Kier alpha value is -1.71. The van der Waals surface area contributed by atoms with Crippen molar-refractivity contribution in [1.82, 2.24) is 0 Å². The van der Waals surface area contributed by atoms with Gasteiger partial charge in [0, 0.05) is 17.4 Å². The zero-order valence-electron chi connectivity index (χ0n) is 11.6. The van der Waals surface area contributed by atoms with Crippen LogP contribution in [0.25, 0.3) is 0 Å². The average Bonchev–Trinajstić information content (AvgIpc) is 2.33. The third-order valence-corrected chi connectivity index (χ3v) is 3.92. The number of carboxylic acids is 1. The van der Waals surface area contributed by atoms with E-state index in [1.54, 1.807) is 6.07 Å². The fourth-order valence-corrected chi connectivity index (χ4v) is 2.86. The maximum atomic E-state index is 11.2. The molecule has 0 aromatic heterocycles. The molecule has 0 bridgehead atoms. The van der Waals surface area contributed by atoms with Gasteiger partial charge in [0.15, 0.2) is 0 Å². The SMILES string of the molecule is Cc1cc(NC2CCCC(C)C2)cc(C(=O)O)c1N. The van der Waals surface area contributed by atoms with Gasteiger partial charge in [-0.1, -0.05) is 19.8 Å². The summed E-state index contributed by atoms with van der Waals surface area (Å²) in [5, 5.41) is 12.6. The van der Waals surface area contributed by atoms with E-state index in [2.05, 4.69) is 12.2 Å². The first-order valence-corrected chi connectivity index (χ1v) is 6.87. The second-order valence-corrected chi connectivity index (χ2v) is 5.67. The standard InChI is InChI=1S/C15H22N2O2/c1-9-4-3-5-11(6-9)17-12-7-10(2)14(16)13(8-12)15(18)19/h7-9,11,17H,3-6,16H2,1-2H3,(H,18,19). The molecule has 1 aromatic carbocycles. The zero-order chi connectivity index (χ0) is 14.0. The van der Waals surface area contributed by atoms with Gasteiger partial charge in [-0.3, -0.25) is 0 Å². The minimum absolute atomic E-state index is 0.186. The normalized spacial score (nSPS) is 23.1. The Labute approximate surface area is 114 Å². The highest BCUT2D eigenvalue weighted by molar-refractivity contribution is 5.95. The summed E-state index contributed by atoms with van der Waals surface area (Å²) < 4.78 is 0. The van der Waals surface area contributed by atoms with Crippen molar-refractivity contribution >= 4 is 17.3 Å². The monoisotopic (exact) mass is 262 g/mol. The molecule has 104 valence electrons. The van der Waals surface area contributed by atoms with Crippen LogP contribution in [0.5, 0.6) is 0 Å². The summed E-state index contributed by atoms with van der Waals surface area (Å²) in [5.74, 6) is -0.235. The summed E-state index contributed by atoms with van der Waals surface area (Å²) in [7, 11) is 0. The number of aromatic carboxylic acids is 1. The Morgan fingerprint density at radius 1 is 1.42 bits per heavy atom. The Morgan fingerprint density at radius 3 is 2.79 bits per heavy atom. The highest BCUT2D eigenvalue weighted by Gasteiger charge is 2.19. The van der Waals surface area contributed by atoms with E-state index in [0.29, 0.717) is 11.7 Å². The minimum Gasteiger partial charge on any atom is -0.478 e. The van der Waals surface area contributed by atoms with Crippen LogP contribution in [-0.4, -0.2) is 17.1 Å². The molecule has 1 saturated carbocycles. The van der Waals surface area contributed by atoms with Gasteiger partial charge in [-0.05, 0) is 43.4 Å². The van der Waals surface area contributed by atoms with Crippen molar-refractivity contribution in [1.29, 1.82) is 0 Å². The first-order valence-electron chi connectivity index (χ1n) is 6.87. The molecule has 2 atom stereocenters. The average molecular weight is 262 g/mol. The Morgan fingerprint density at radius 2 is 2.16 bits per heavy atom. The smallest absolute Gasteiger partial charge is 0.337 e. The number of carbonyl (C=O) groups is 1. The van der Waals surface area contributed by atoms with Crippen LogP contribution in [0.15, 0.2) is 12.1 Å². The number of carboxylic acid groups (broad SMARTS) is 1. The van der Waals surface area contributed by atoms with E-state index in [9.17, 15) is 4.79 Å². The number of benzene rings is 1. The number of hydrogen-bond acceptors (Lipinski definition) is 3. The number of nitrogens with one attached hydrogen (secondary N) is 1. The number of rotatable bonds is 3. The van der Waals surface area contributed by atoms with Gasteiger partial charge < -0.3 is 16.2 Å². The van der Waals surface area contributed by atoms with Gasteiger partial charge in [0.1, 0.15) is 0 Å². The third kappa shape index (κ3) is 3.19. The van der Waals surface area contributed by atoms with Crippen LogP contribution in [0.4, 0.5) is 11.4 Å². The molecular formula is C15H22N2O2. The maximum Gasteiger partial charge on any atom is 0.337 e. The van der Waals surface area contributed by atoms with Crippen molar-refractivity contribution in [3.63, 3.8) is 0 Å². The molecule has 0 aliphatic heterocycles. The van der Waals surface area contributed by atoms with Gasteiger partial charge in [-0.2, -0.15) is 0 Å². The van der Waals surface area contributed by atoms with Crippen molar-refractivity contribution in [3.05, 3.63) is 23.3 Å². The van der Waals surface area contributed by atoms with Gasteiger partial charge in [-0.15, -0.1) is 0 Å². The fourth-order valence-electron chi connectivity index (χ4n) is 2.86. The van der Waals surface area contributed by atoms with Gasteiger partial charge in [0.05, 0.1) is 5.56 Å². The lowest BCUT2D eigenvalue weighted by molar-refractivity contribution is 0.0698. The third-order valence-electron chi connectivity index (χ3n) is 3.92. The molecule has 0 saturated heterocycles. The zero-order valence-corrected chi connectivity index (χ0v) is 11.6. The summed E-state index contributed by atoms with van der Waals surface area (Å²) in [6.45, 7) is 4.11. The molecule has 0 amide bonds. The number of anilines is 2. The lowest BCUT2D eigenvalue weighted by atomic mass is 9.87. The molecule has 2 rings (SSSR count). The molecule has 1 fully saturated rings. The summed E-state index contributed by atoms with van der Waals surface area (Å²) in [4.78, 5) is 11.2. The van der Waals surface area contributed by atoms with E-state index in [4.69, 9.17) is 10.8 Å². The maximum absolute atomic E-state index is 11.2. The summed E-state index contributed by atoms with van der Waals surface area (Å²) in [6.07, 6.45) is 4.82.